The summed E-state index contributed by atoms with van der Waals surface area (Å²) < 4.78 is 0. The minimum absolute atomic E-state index is 0.0275. The van der Waals surface area contributed by atoms with E-state index in [1.165, 1.54) is 26.7 Å². The van der Waals surface area contributed by atoms with Crippen LogP contribution in [0.25, 0.3) is 0 Å². The highest BCUT2D eigenvalue weighted by Crippen LogP contribution is 2.24. The van der Waals surface area contributed by atoms with Gasteiger partial charge in [-0.05, 0) is 32.4 Å². The fourth-order valence-corrected chi connectivity index (χ4v) is 2.99. The lowest BCUT2D eigenvalue weighted by atomic mass is 10.1. The Morgan fingerprint density at radius 2 is 1.90 bits per heavy atom. The molecule has 20 heavy (non-hydrogen) atoms. The fraction of sp³-hybridized carbons (Fsp3) is 0.615. The van der Waals surface area contributed by atoms with Crippen LogP contribution < -0.4 is 10.6 Å². The van der Waals surface area contributed by atoms with Gasteiger partial charge in [-0.3, -0.25) is 10.1 Å². The summed E-state index contributed by atoms with van der Waals surface area (Å²) in [7, 11) is 0. The van der Waals surface area contributed by atoms with E-state index in [2.05, 4.69) is 10.6 Å². The van der Waals surface area contributed by atoms with E-state index in [1.54, 1.807) is 0 Å². The summed E-state index contributed by atoms with van der Waals surface area (Å²) in [6.07, 6.45) is 3.44. The molecule has 6 nitrogen and oxygen atoms in total. The molecule has 0 spiro atoms. The quantitative estimate of drug-likeness (QED) is 0.684. The lowest BCUT2D eigenvalue weighted by Crippen LogP contribution is -2.42. The highest BCUT2D eigenvalue weighted by molar-refractivity contribution is 7.99. The summed E-state index contributed by atoms with van der Waals surface area (Å²) in [5.74, 6) is -0.748. The number of hydrogen-bond donors (Lipinski definition) is 3. The largest absolute Gasteiger partial charge is 0.478 e. The van der Waals surface area contributed by atoms with Crippen molar-refractivity contribution >= 4 is 29.7 Å². The third-order valence-corrected chi connectivity index (χ3v) is 4.61. The summed E-state index contributed by atoms with van der Waals surface area (Å²) in [5.41, 5.74) is -0.0437. The second-order valence-corrected chi connectivity index (χ2v) is 6.12. The van der Waals surface area contributed by atoms with Crippen molar-refractivity contribution in [1.82, 2.24) is 10.6 Å². The van der Waals surface area contributed by atoms with E-state index in [0.29, 0.717) is 11.8 Å². The molecule has 112 valence electrons. The molecule has 7 heteroatoms. The molecule has 0 radical (unpaired) electrons. The van der Waals surface area contributed by atoms with Crippen molar-refractivity contribution in [1.29, 1.82) is 0 Å². The molecule has 1 rings (SSSR count). The smallest absolute Gasteiger partial charge is 0.331 e. The minimum Gasteiger partial charge on any atom is -0.478 e. The van der Waals surface area contributed by atoms with Crippen molar-refractivity contribution in [3.8, 4) is 0 Å². The lowest BCUT2D eigenvalue weighted by molar-refractivity contribution is -0.133. The Labute approximate surface area is 122 Å². The Kier molecular flexibility index (Phi) is 6.57. The van der Waals surface area contributed by atoms with E-state index in [0.717, 1.165) is 12.2 Å². The minimum atomic E-state index is -1.17. The van der Waals surface area contributed by atoms with Crippen LogP contribution in [-0.2, 0) is 9.59 Å². The number of amides is 3. The predicted octanol–water partition coefficient (Wildman–Crippen LogP) is 1.52. The summed E-state index contributed by atoms with van der Waals surface area (Å²) in [6, 6.07) is -0.585. The number of carbonyl (C=O) groups excluding carboxylic acids is 2. The zero-order chi connectivity index (χ0) is 15.1. The molecule has 1 aliphatic heterocycles. The van der Waals surface area contributed by atoms with Gasteiger partial charge < -0.3 is 10.4 Å². The second kappa shape index (κ2) is 7.94. The first-order valence-corrected chi connectivity index (χ1v) is 7.58. The zero-order valence-corrected chi connectivity index (χ0v) is 12.5. The average Bonchev–Trinajstić information content (AvgIpc) is 2.44. The van der Waals surface area contributed by atoms with Crippen LogP contribution in [0.3, 0.4) is 0 Å². The molecule has 0 saturated carbocycles. The lowest BCUT2D eigenvalue weighted by Gasteiger charge is -2.21. The first kappa shape index (κ1) is 16.6. The van der Waals surface area contributed by atoms with Gasteiger partial charge in [-0.15, -0.1) is 0 Å². The number of carboxylic acids is 1. The number of urea groups is 1. The molecule has 3 amide bonds. The Morgan fingerprint density at radius 3 is 2.45 bits per heavy atom. The zero-order valence-electron chi connectivity index (χ0n) is 11.7. The maximum absolute atomic E-state index is 11.7. The van der Waals surface area contributed by atoms with Crippen LogP contribution in [0, 0.1) is 0 Å². The van der Waals surface area contributed by atoms with E-state index >= 15 is 0 Å². The van der Waals surface area contributed by atoms with Crippen molar-refractivity contribution in [2.24, 2.45) is 0 Å². The Hall–Kier alpha value is -1.50. The Morgan fingerprint density at radius 1 is 1.20 bits per heavy atom. The molecule has 0 aromatic carbocycles. The monoisotopic (exact) mass is 300 g/mol. The Balaban J connectivity index is 2.40. The van der Waals surface area contributed by atoms with Gasteiger partial charge in [0.05, 0.1) is 0 Å². The van der Waals surface area contributed by atoms with Gasteiger partial charge in [0, 0.05) is 22.9 Å². The van der Waals surface area contributed by atoms with Crippen molar-refractivity contribution in [2.75, 3.05) is 12.3 Å². The summed E-state index contributed by atoms with van der Waals surface area (Å²) in [6.45, 7) is 3.22. The van der Waals surface area contributed by atoms with Crippen molar-refractivity contribution in [3.05, 3.63) is 11.1 Å². The molecule has 3 N–H and O–H groups in total. The topological polar surface area (TPSA) is 95.5 Å². The second-order valence-electron chi connectivity index (χ2n) is 4.71. The molecule has 0 aromatic rings. The number of nitrogens with one attached hydrogen (secondary N) is 2. The molecule has 1 heterocycles. The molecule has 0 aromatic heterocycles. The number of carbonyl (C=O) groups is 3. The van der Waals surface area contributed by atoms with Gasteiger partial charge in [-0.1, -0.05) is 6.42 Å². The van der Waals surface area contributed by atoms with Crippen LogP contribution in [0.1, 0.15) is 33.1 Å². The summed E-state index contributed by atoms with van der Waals surface area (Å²) >= 11 is 1.82. The first-order chi connectivity index (χ1) is 9.41. The van der Waals surface area contributed by atoms with Crippen molar-refractivity contribution in [2.45, 2.75) is 38.4 Å². The van der Waals surface area contributed by atoms with Crippen LogP contribution in [0.5, 0.6) is 0 Å². The number of imide groups is 1. The van der Waals surface area contributed by atoms with Crippen LogP contribution in [0.2, 0.25) is 0 Å². The van der Waals surface area contributed by atoms with Crippen LogP contribution in [0.4, 0.5) is 4.79 Å². The molecule has 0 bridgehead atoms. The third-order valence-electron chi connectivity index (χ3n) is 3.22. The van der Waals surface area contributed by atoms with Crippen LogP contribution >= 0.6 is 11.8 Å². The molecule has 1 fully saturated rings. The highest BCUT2D eigenvalue weighted by Gasteiger charge is 2.17. The summed E-state index contributed by atoms with van der Waals surface area (Å²) in [4.78, 5) is 33.9. The molecule has 1 aliphatic rings. The molecule has 1 saturated heterocycles. The van der Waals surface area contributed by atoms with E-state index in [1.807, 2.05) is 11.8 Å². The first-order valence-electron chi connectivity index (χ1n) is 6.53. The van der Waals surface area contributed by atoms with Gasteiger partial charge in [-0.25, -0.2) is 9.59 Å². The predicted molar refractivity (Wildman–Crippen MR) is 77.6 cm³/mol. The standard InChI is InChI=1S/C13H20N2O4S/c1-8(9(2)12(17)18)11(16)15-13(19)14-7-10-5-3-4-6-20-10/h10H,3-7H2,1-2H3,(H,17,18)(H2,14,15,16,19). The van der Waals surface area contributed by atoms with E-state index in [9.17, 15) is 14.4 Å². The molecular formula is C13H20N2O4S. The maximum Gasteiger partial charge on any atom is 0.331 e. The SMILES string of the molecule is CC(C(=O)O)=C(C)C(=O)NC(=O)NCC1CCCCS1. The highest BCUT2D eigenvalue weighted by atomic mass is 32.2. The number of hydrogen-bond acceptors (Lipinski definition) is 4. The summed E-state index contributed by atoms with van der Waals surface area (Å²) in [5, 5.41) is 13.9. The average molecular weight is 300 g/mol. The number of rotatable bonds is 4. The Bertz CT molecular complexity index is 428. The molecule has 1 atom stereocenters. The number of aliphatic carboxylic acids is 1. The van der Waals surface area contributed by atoms with Gasteiger partial charge >= 0.3 is 12.0 Å². The molecular weight excluding hydrogens is 280 g/mol. The van der Waals surface area contributed by atoms with Gasteiger partial charge in [0.25, 0.3) is 5.91 Å². The van der Waals surface area contributed by atoms with Gasteiger partial charge in [0.2, 0.25) is 0 Å². The van der Waals surface area contributed by atoms with E-state index < -0.39 is 17.9 Å². The number of carboxylic acid groups (broad SMARTS) is 1. The maximum atomic E-state index is 11.7. The van der Waals surface area contributed by atoms with E-state index in [-0.39, 0.29) is 11.1 Å². The normalized spacial score (nSPS) is 19.8. The van der Waals surface area contributed by atoms with Gasteiger partial charge in [-0.2, -0.15) is 11.8 Å². The van der Waals surface area contributed by atoms with Crippen LogP contribution in [0.15, 0.2) is 11.1 Å². The van der Waals surface area contributed by atoms with Gasteiger partial charge in [0.15, 0.2) is 0 Å². The van der Waals surface area contributed by atoms with Crippen molar-refractivity contribution < 1.29 is 19.5 Å². The van der Waals surface area contributed by atoms with Crippen LogP contribution in [-0.4, -0.2) is 40.6 Å². The molecule has 0 aliphatic carbocycles. The number of thioether (sulfide) groups is 1. The van der Waals surface area contributed by atoms with Gasteiger partial charge in [0.1, 0.15) is 0 Å². The third kappa shape index (κ3) is 5.24. The van der Waals surface area contributed by atoms with Crippen molar-refractivity contribution in [3.63, 3.8) is 0 Å². The molecule has 1 unspecified atom stereocenters. The fourth-order valence-electron chi connectivity index (χ4n) is 1.75. The van der Waals surface area contributed by atoms with E-state index in [4.69, 9.17) is 5.11 Å².